The average Bonchev–Trinajstić information content (AvgIpc) is 3.86. The fraction of sp³-hybridized carbons (Fsp3) is 0. The van der Waals surface area contributed by atoms with Gasteiger partial charge >= 0.3 is 0 Å². The number of aromatic nitrogens is 2. The summed E-state index contributed by atoms with van der Waals surface area (Å²) in [6.45, 7) is 0. The molecule has 0 aliphatic carbocycles. The Morgan fingerprint density at radius 1 is 0.356 bits per heavy atom. The number of hydrogen-bond donors (Lipinski definition) is 0. The highest BCUT2D eigenvalue weighted by Crippen LogP contribution is 2.47. The smallest absolute Gasteiger partial charge is 0.171 e. The van der Waals surface area contributed by atoms with Crippen LogP contribution in [0.2, 0.25) is 0 Å². The number of hydrogen-bond acceptors (Lipinski definition) is 3. The molecule has 0 aliphatic heterocycles. The van der Waals surface area contributed by atoms with E-state index in [1.165, 1.54) is 42.8 Å². The zero-order valence-electron chi connectivity index (χ0n) is 39.5. The van der Waals surface area contributed by atoms with E-state index in [9.17, 15) is 0 Å². The lowest BCUT2D eigenvalue weighted by atomic mass is 9.95. The third-order valence-corrected chi connectivity index (χ3v) is 22.9. The van der Waals surface area contributed by atoms with Crippen LogP contribution < -0.4 is 31.8 Å². The summed E-state index contributed by atoms with van der Waals surface area (Å²) in [5, 5.41) is 16.4. The van der Waals surface area contributed by atoms with Crippen LogP contribution in [0.4, 0.5) is 0 Å². The maximum atomic E-state index is 15.3. The van der Waals surface area contributed by atoms with E-state index >= 15 is 4.57 Å². The van der Waals surface area contributed by atoms with Crippen LogP contribution in [-0.2, 0) is 16.4 Å². The van der Waals surface area contributed by atoms with Crippen molar-refractivity contribution in [2.24, 2.45) is 0 Å². The maximum Gasteiger partial charge on any atom is 0.171 e. The molecule has 0 spiro atoms. The van der Waals surface area contributed by atoms with E-state index in [-0.39, 0.29) is 0 Å². The van der Waals surface area contributed by atoms with Gasteiger partial charge < -0.3 is 4.57 Å². The van der Waals surface area contributed by atoms with Gasteiger partial charge in [-0.05, 0) is 101 Å². The van der Waals surface area contributed by atoms with Crippen LogP contribution in [0.5, 0.6) is 0 Å². The van der Waals surface area contributed by atoms with Gasteiger partial charge in [-0.25, -0.2) is 4.98 Å². The Hall–Kier alpha value is -8.23. The van der Waals surface area contributed by atoms with Crippen molar-refractivity contribution in [3.63, 3.8) is 0 Å². The highest BCUT2D eigenvalue weighted by Gasteiger charge is 2.30. The van der Waals surface area contributed by atoms with Gasteiger partial charge in [-0.15, -0.1) is 0 Å². The summed E-state index contributed by atoms with van der Waals surface area (Å²) in [7, 11) is -3.13. The van der Waals surface area contributed by atoms with Crippen molar-refractivity contribution >= 4 is 127 Å². The van der Waals surface area contributed by atoms with Gasteiger partial charge in [-0.3, -0.25) is 4.40 Å². The highest BCUT2D eigenvalue weighted by molar-refractivity contribution is 8.25. The third kappa shape index (κ3) is 6.90. The fourth-order valence-corrected chi connectivity index (χ4v) is 18.1. The Morgan fingerprint density at radius 2 is 0.877 bits per heavy atom. The Kier molecular flexibility index (Phi) is 10.3. The van der Waals surface area contributed by atoms with Crippen LogP contribution in [0, 0.1) is 0 Å². The van der Waals surface area contributed by atoms with E-state index in [0.717, 1.165) is 81.9 Å². The lowest BCUT2D eigenvalue weighted by Crippen LogP contribution is -2.25. The summed E-state index contributed by atoms with van der Waals surface area (Å²) < 4.78 is 17.7. The van der Waals surface area contributed by atoms with Crippen molar-refractivity contribution in [1.82, 2.24) is 9.38 Å². The number of fused-ring (bicyclic) bond motifs is 12. The standard InChI is InChI=1S/C67H44N2OP2S/c70-71(51-18-5-1-6-19-51,52-20-7-2-8-21-52)55-35-31-47-41-46(29-30-48(47)42-55)49-34-39-62-64(43-49)69-63-44-50(33-36-59(63)61-37-32-45-17-13-14-26-57(45)66(61)67(69)68-62)56-38-40-65(60-28-16-15-27-58(56)60)72(73,53-22-9-3-10-23-53)54-24-11-4-12-25-54/h1-44H. The molecule has 0 bridgehead atoms. The van der Waals surface area contributed by atoms with Crippen molar-refractivity contribution in [3.8, 4) is 22.3 Å². The zero-order chi connectivity index (χ0) is 48.7. The van der Waals surface area contributed by atoms with Crippen molar-refractivity contribution in [1.29, 1.82) is 0 Å². The number of nitrogens with zero attached hydrogens (tertiary/aromatic N) is 2. The van der Waals surface area contributed by atoms with Crippen LogP contribution >= 0.6 is 13.2 Å². The number of imidazole rings is 1. The first-order valence-corrected chi connectivity index (χ1v) is 29.2. The van der Waals surface area contributed by atoms with E-state index in [2.05, 4.69) is 211 Å². The second-order valence-corrected chi connectivity index (χ2v) is 26.0. The Morgan fingerprint density at radius 3 is 1.58 bits per heavy atom. The molecular formula is C67H44N2OP2S. The van der Waals surface area contributed by atoms with Crippen molar-refractivity contribution in [3.05, 3.63) is 267 Å². The van der Waals surface area contributed by atoms with E-state index < -0.39 is 13.2 Å². The van der Waals surface area contributed by atoms with E-state index in [1.54, 1.807) is 0 Å². The first kappa shape index (κ1) is 43.5. The molecule has 0 unspecified atom stereocenters. The quantitative estimate of drug-likeness (QED) is 0.112. The minimum absolute atomic E-state index is 0.821. The van der Waals surface area contributed by atoms with Gasteiger partial charge in [0, 0.05) is 38.0 Å². The molecule has 0 amide bonds. The molecule has 0 saturated carbocycles. The molecule has 0 fully saturated rings. The summed E-state index contributed by atoms with van der Waals surface area (Å²) in [5.41, 5.74) is 8.47. The summed E-state index contributed by atoms with van der Waals surface area (Å²) in [5.74, 6) is 0. The van der Waals surface area contributed by atoms with Crippen LogP contribution in [0.15, 0.2) is 267 Å². The van der Waals surface area contributed by atoms with Crippen LogP contribution in [0.1, 0.15) is 0 Å². The first-order chi connectivity index (χ1) is 35.9. The fourth-order valence-electron chi connectivity index (χ4n) is 11.4. The summed E-state index contributed by atoms with van der Waals surface area (Å²) in [4.78, 5) is 5.49. The molecule has 3 nitrogen and oxygen atoms in total. The van der Waals surface area contributed by atoms with Gasteiger partial charge in [0.25, 0.3) is 0 Å². The predicted octanol–water partition coefficient (Wildman–Crippen LogP) is 15.0. The molecule has 0 aliphatic rings. The van der Waals surface area contributed by atoms with Gasteiger partial charge in [0.15, 0.2) is 7.14 Å². The number of pyridine rings is 1. The molecule has 0 N–H and O–H groups in total. The zero-order valence-corrected chi connectivity index (χ0v) is 42.1. The van der Waals surface area contributed by atoms with Crippen molar-refractivity contribution < 1.29 is 4.57 Å². The van der Waals surface area contributed by atoms with Crippen LogP contribution in [0.25, 0.3) is 92.9 Å². The van der Waals surface area contributed by atoms with E-state index in [0.29, 0.717) is 0 Å². The normalized spacial score (nSPS) is 12.2. The molecule has 14 rings (SSSR count). The predicted molar refractivity (Wildman–Crippen MR) is 317 cm³/mol. The molecule has 344 valence electrons. The molecule has 2 heterocycles. The van der Waals surface area contributed by atoms with Crippen molar-refractivity contribution in [2.75, 3.05) is 0 Å². The van der Waals surface area contributed by atoms with Crippen molar-refractivity contribution in [2.45, 2.75) is 0 Å². The molecule has 12 aromatic carbocycles. The van der Waals surface area contributed by atoms with Gasteiger partial charge in [0.05, 0.1) is 16.6 Å². The number of rotatable bonds is 8. The molecular weight excluding hydrogens is 943 g/mol. The van der Waals surface area contributed by atoms with E-state index in [1.807, 2.05) is 60.7 Å². The van der Waals surface area contributed by atoms with Gasteiger partial charge in [0.2, 0.25) is 0 Å². The van der Waals surface area contributed by atoms with Gasteiger partial charge in [-0.1, -0.05) is 248 Å². The number of benzene rings is 12. The summed E-state index contributed by atoms with van der Waals surface area (Å²) in [6, 6.07) is 91.8. The molecule has 6 heteroatoms. The van der Waals surface area contributed by atoms with Gasteiger partial charge in [-0.2, -0.15) is 0 Å². The molecule has 0 radical (unpaired) electrons. The Labute approximate surface area is 428 Å². The Balaban J connectivity index is 0.954. The van der Waals surface area contributed by atoms with Gasteiger partial charge in [0.1, 0.15) is 5.65 Å². The molecule has 73 heavy (non-hydrogen) atoms. The summed E-state index contributed by atoms with van der Waals surface area (Å²) >= 11 is 6.93. The molecule has 14 aromatic rings. The maximum absolute atomic E-state index is 15.3. The van der Waals surface area contributed by atoms with Crippen LogP contribution in [-0.4, -0.2) is 9.38 Å². The largest absolute Gasteiger partial charge is 0.309 e. The lowest BCUT2D eigenvalue weighted by Gasteiger charge is -2.26. The van der Waals surface area contributed by atoms with E-state index in [4.69, 9.17) is 16.8 Å². The summed E-state index contributed by atoms with van der Waals surface area (Å²) in [6.07, 6.45) is 0. The highest BCUT2D eigenvalue weighted by atomic mass is 32.4. The Bertz CT molecular complexity index is 4530. The topological polar surface area (TPSA) is 34.4 Å². The minimum Gasteiger partial charge on any atom is -0.309 e. The second kappa shape index (κ2) is 17.2. The third-order valence-electron chi connectivity index (χ3n) is 14.9. The van der Waals surface area contributed by atoms with Crippen LogP contribution in [0.3, 0.4) is 0 Å². The average molecular weight is 987 g/mol. The molecule has 0 atom stereocenters. The molecule has 0 saturated heterocycles. The SMILES string of the molecule is O=P(c1ccccc1)(c1ccccc1)c1ccc2cc(-c3ccc4nc5c6c7ccccc7ccc6c6ccc(-c7ccc(P(=S)(c8ccccc8)c8ccccc8)c8ccccc78)cc6n5c4c3)ccc2c1. The lowest BCUT2D eigenvalue weighted by molar-refractivity contribution is 0.592. The second-order valence-electron chi connectivity index (χ2n) is 18.9. The molecule has 2 aromatic heterocycles. The minimum atomic E-state index is -3.13. The first-order valence-electron chi connectivity index (χ1n) is 24.6. The monoisotopic (exact) mass is 986 g/mol.